The number of hydrogen-bond acceptors (Lipinski definition) is 4. The second-order valence-electron chi connectivity index (χ2n) is 7.12. The van der Waals surface area contributed by atoms with E-state index >= 15 is 0 Å². The monoisotopic (exact) mass is 374 g/mol. The quantitative estimate of drug-likeness (QED) is 0.452. The predicted molar refractivity (Wildman–Crippen MR) is 110 cm³/mol. The van der Waals surface area contributed by atoms with Crippen molar-refractivity contribution in [1.82, 2.24) is 15.1 Å². The van der Waals surface area contributed by atoms with Crippen LogP contribution in [0.4, 0.5) is 0 Å². The van der Waals surface area contributed by atoms with Gasteiger partial charge < -0.3 is 19.9 Å². The number of esters is 1. The molecule has 1 aliphatic rings. The highest BCUT2D eigenvalue weighted by atomic mass is 16.5. The van der Waals surface area contributed by atoms with Gasteiger partial charge in [0.25, 0.3) is 0 Å². The zero-order chi connectivity index (χ0) is 19.6. The molecule has 6 heteroatoms. The van der Waals surface area contributed by atoms with Crippen LogP contribution in [0.25, 0.3) is 0 Å². The molecule has 0 bridgehead atoms. The van der Waals surface area contributed by atoms with Crippen LogP contribution >= 0.6 is 0 Å². The van der Waals surface area contributed by atoms with E-state index in [2.05, 4.69) is 60.4 Å². The van der Waals surface area contributed by atoms with Crippen LogP contribution in [-0.4, -0.2) is 68.6 Å². The van der Waals surface area contributed by atoms with Crippen LogP contribution in [0.2, 0.25) is 0 Å². The average molecular weight is 375 g/mol. The zero-order valence-corrected chi connectivity index (χ0v) is 17.1. The minimum atomic E-state index is -0.0893. The zero-order valence-electron chi connectivity index (χ0n) is 17.1. The Bertz CT molecular complexity index is 603. The lowest BCUT2D eigenvalue weighted by Crippen LogP contribution is -2.48. The number of benzene rings is 1. The molecule has 27 heavy (non-hydrogen) atoms. The lowest BCUT2D eigenvalue weighted by Gasteiger charge is -2.34. The first-order valence-electron chi connectivity index (χ1n) is 9.98. The molecule has 0 aromatic heterocycles. The van der Waals surface area contributed by atoms with Crippen LogP contribution in [0, 0.1) is 5.92 Å². The number of aliphatic imine (C=N–C) groups is 1. The van der Waals surface area contributed by atoms with Crippen LogP contribution in [-0.2, 0) is 9.53 Å². The summed E-state index contributed by atoms with van der Waals surface area (Å²) in [6, 6.07) is 10.7. The summed E-state index contributed by atoms with van der Waals surface area (Å²) in [5.41, 5.74) is 1.25. The summed E-state index contributed by atoms with van der Waals surface area (Å²) in [5, 5.41) is 3.39. The fourth-order valence-corrected chi connectivity index (χ4v) is 3.46. The van der Waals surface area contributed by atoms with Crippen LogP contribution in [0.3, 0.4) is 0 Å². The van der Waals surface area contributed by atoms with Gasteiger partial charge in [-0.2, -0.15) is 0 Å². The van der Waals surface area contributed by atoms with Gasteiger partial charge in [-0.25, -0.2) is 0 Å². The molecule has 1 saturated heterocycles. The molecule has 0 aliphatic carbocycles. The van der Waals surface area contributed by atoms with Gasteiger partial charge in [0.15, 0.2) is 5.96 Å². The smallest absolute Gasteiger partial charge is 0.310 e. The van der Waals surface area contributed by atoms with E-state index in [1.807, 2.05) is 13.0 Å². The number of rotatable bonds is 7. The lowest BCUT2D eigenvalue weighted by molar-refractivity contribution is -0.149. The second-order valence-corrected chi connectivity index (χ2v) is 7.12. The summed E-state index contributed by atoms with van der Waals surface area (Å²) in [6.07, 6.45) is 1.86. The fraction of sp³-hybridized carbons (Fsp3) is 0.619. The molecule has 1 aromatic carbocycles. The molecular weight excluding hydrogens is 340 g/mol. The van der Waals surface area contributed by atoms with Crippen LogP contribution < -0.4 is 5.32 Å². The number of likely N-dealkylation sites (N-methyl/N-ethyl adjacent to an activating group) is 1. The first-order valence-corrected chi connectivity index (χ1v) is 9.98. The summed E-state index contributed by atoms with van der Waals surface area (Å²) in [5.74, 6) is 0.726. The second kappa shape index (κ2) is 10.9. The van der Waals surface area contributed by atoms with Crippen molar-refractivity contribution in [2.24, 2.45) is 10.9 Å². The Morgan fingerprint density at radius 1 is 1.33 bits per heavy atom. The molecule has 6 nitrogen and oxygen atoms in total. The molecule has 0 spiro atoms. The van der Waals surface area contributed by atoms with Gasteiger partial charge in [-0.15, -0.1) is 0 Å². The molecule has 1 fully saturated rings. The van der Waals surface area contributed by atoms with Gasteiger partial charge in [0.05, 0.1) is 25.1 Å². The predicted octanol–water partition coefficient (Wildman–Crippen LogP) is 2.53. The number of piperidine rings is 1. The molecule has 1 N–H and O–H groups in total. The fourth-order valence-electron chi connectivity index (χ4n) is 3.46. The SMILES string of the molecule is CCNC(=NCC(c1ccccc1)N(C)C)N1CCCC(C(=O)OCC)C1. The summed E-state index contributed by atoms with van der Waals surface area (Å²) in [4.78, 5) is 21.5. The average Bonchev–Trinajstić information content (AvgIpc) is 2.68. The Hall–Kier alpha value is -2.08. The minimum absolute atomic E-state index is 0.0682. The third-order valence-electron chi connectivity index (χ3n) is 4.90. The normalized spacial score (nSPS) is 19.1. The van der Waals surface area contributed by atoms with Gasteiger partial charge >= 0.3 is 5.97 Å². The number of hydrogen-bond donors (Lipinski definition) is 1. The van der Waals surface area contributed by atoms with E-state index in [9.17, 15) is 4.79 Å². The van der Waals surface area contributed by atoms with Gasteiger partial charge in [-0.05, 0) is 46.3 Å². The van der Waals surface area contributed by atoms with Gasteiger partial charge in [-0.1, -0.05) is 30.3 Å². The van der Waals surface area contributed by atoms with Gasteiger partial charge in [0.2, 0.25) is 0 Å². The maximum atomic E-state index is 12.1. The van der Waals surface area contributed by atoms with E-state index in [0.29, 0.717) is 19.7 Å². The lowest BCUT2D eigenvalue weighted by atomic mass is 9.98. The van der Waals surface area contributed by atoms with Gasteiger partial charge in [-0.3, -0.25) is 9.79 Å². The number of carbonyl (C=O) groups excluding carboxylic acids is 1. The number of nitrogens with one attached hydrogen (secondary N) is 1. The number of carbonyl (C=O) groups is 1. The first-order chi connectivity index (χ1) is 13.1. The minimum Gasteiger partial charge on any atom is -0.466 e. The molecule has 0 amide bonds. The van der Waals surface area contributed by atoms with Gasteiger partial charge in [0, 0.05) is 19.6 Å². The van der Waals surface area contributed by atoms with Crippen molar-refractivity contribution in [1.29, 1.82) is 0 Å². The number of likely N-dealkylation sites (tertiary alicyclic amines) is 1. The molecule has 2 rings (SSSR count). The van der Waals surface area contributed by atoms with Crippen molar-refractivity contribution < 1.29 is 9.53 Å². The molecule has 1 heterocycles. The van der Waals surface area contributed by atoms with Crippen molar-refractivity contribution in [3.8, 4) is 0 Å². The van der Waals surface area contributed by atoms with Crippen molar-refractivity contribution in [2.45, 2.75) is 32.7 Å². The summed E-state index contributed by atoms with van der Waals surface area (Å²) in [6.45, 7) is 7.42. The van der Waals surface area contributed by atoms with E-state index in [0.717, 1.165) is 31.9 Å². The molecule has 150 valence electrons. The highest BCUT2D eigenvalue weighted by molar-refractivity contribution is 5.81. The highest BCUT2D eigenvalue weighted by Crippen LogP contribution is 2.20. The highest BCUT2D eigenvalue weighted by Gasteiger charge is 2.28. The Labute approximate surface area is 163 Å². The number of ether oxygens (including phenoxy) is 1. The Morgan fingerprint density at radius 3 is 2.70 bits per heavy atom. The molecule has 1 aliphatic heterocycles. The standard InChI is InChI=1S/C21H34N4O2/c1-5-22-21(25-14-10-13-18(16-25)20(26)27-6-2)23-15-19(24(3)4)17-11-8-7-9-12-17/h7-9,11-12,18-19H,5-6,10,13-16H2,1-4H3,(H,22,23). The van der Waals surface area contributed by atoms with Crippen molar-refractivity contribution in [2.75, 3.05) is 46.9 Å². The molecular formula is C21H34N4O2. The van der Waals surface area contributed by atoms with Crippen LogP contribution in [0.1, 0.15) is 38.3 Å². The van der Waals surface area contributed by atoms with E-state index < -0.39 is 0 Å². The third kappa shape index (κ3) is 6.24. The molecule has 2 unspecified atom stereocenters. The van der Waals surface area contributed by atoms with Crippen LogP contribution in [0.15, 0.2) is 35.3 Å². The summed E-state index contributed by atoms with van der Waals surface area (Å²) in [7, 11) is 4.16. The Kier molecular flexibility index (Phi) is 8.58. The summed E-state index contributed by atoms with van der Waals surface area (Å²) >= 11 is 0. The summed E-state index contributed by atoms with van der Waals surface area (Å²) < 4.78 is 5.22. The topological polar surface area (TPSA) is 57.2 Å². The van der Waals surface area contributed by atoms with Crippen molar-refractivity contribution in [3.05, 3.63) is 35.9 Å². The maximum absolute atomic E-state index is 12.1. The van der Waals surface area contributed by atoms with Crippen molar-refractivity contribution >= 4 is 11.9 Å². The third-order valence-corrected chi connectivity index (χ3v) is 4.90. The largest absolute Gasteiger partial charge is 0.466 e. The van der Waals surface area contributed by atoms with E-state index in [1.54, 1.807) is 0 Å². The molecule has 2 atom stereocenters. The molecule has 0 radical (unpaired) electrons. The Balaban J connectivity index is 2.11. The number of guanidine groups is 1. The number of nitrogens with zero attached hydrogens (tertiary/aromatic N) is 3. The van der Waals surface area contributed by atoms with E-state index in [4.69, 9.17) is 9.73 Å². The molecule has 1 aromatic rings. The van der Waals surface area contributed by atoms with Gasteiger partial charge in [0.1, 0.15) is 0 Å². The van der Waals surface area contributed by atoms with Crippen molar-refractivity contribution in [3.63, 3.8) is 0 Å². The molecule has 0 saturated carbocycles. The maximum Gasteiger partial charge on any atom is 0.310 e. The van der Waals surface area contributed by atoms with E-state index in [-0.39, 0.29) is 17.9 Å². The Morgan fingerprint density at radius 2 is 2.07 bits per heavy atom. The van der Waals surface area contributed by atoms with Crippen LogP contribution in [0.5, 0.6) is 0 Å². The first kappa shape index (κ1) is 21.2. The van der Waals surface area contributed by atoms with E-state index in [1.165, 1.54) is 5.56 Å².